The van der Waals surface area contributed by atoms with Crippen molar-refractivity contribution in [2.45, 2.75) is 6.92 Å². The van der Waals surface area contributed by atoms with Gasteiger partial charge in [0.05, 0.1) is 18.7 Å². The summed E-state index contributed by atoms with van der Waals surface area (Å²) in [5.74, 6) is 0.687. The van der Waals surface area contributed by atoms with Crippen LogP contribution in [0.4, 0.5) is 5.69 Å². The lowest BCUT2D eigenvalue weighted by Gasteiger charge is -2.08. The topological polar surface area (TPSA) is 30.5 Å². The lowest BCUT2D eigenvalue weighted by molar-refractivity contribution is 0.158. The Morgan fingerprint density at radius 3 is 2.80 bits per heavy atom. The summed E-state index contributed by atoms with van der Waals surface area (Å²) in [4.78, 5) is 0. The molecule has 1 aromatic carbocycles. The molecule has 84 valence electrons. The fraction of sp³-hybridized carbons (Fsp3) is 0.455. The fourth-order valence-electron chi connectivity index (χ4n) is 1.19. The van der Waals surface area contributed by atoms with Crippen molar-refractivity contribution in [1.82, 2.24) is 0 Å². The van der Waals surface area contributed by atoms with E-state index in [2.05, 4.69) is 5.32 Å². The number of hydrogen-bond donors (Lipinski definition) is 1. The van der Waals surface area contributed by atoms with Gasteiger partial charge in [-0.3, -0.25) is 0 Å². The van der Waals surface area contributed by atoms with Crippen LogP contribution in [0, 0.1) is 0 Å². The van der Waals surface area contributed by atoms with Gasteiger partial charge in [-0.15, -0.1) is 0 Å². The van der Waals surface area contributed by atoms with E-state index in [1.165, 1.54) is 0 Å². The normalized spacial score (nSPS) is 10.1. The molecule has 0 saturated carbocycles. The van der Waals surface area contributed by atoms with Gasteiger partial charge in [-0.05, 0) is 25.1 Å². The Balaban J connectivity index is 2.45. The molecule has 3 nitrogen and oxygen atoms in total. The van der Waals surface area contributed by atoms with Gasteiger partial charge >= 0.3 is 0 Å². The predicted molar refractivity (Wildman–Crippen MR) is 63.0 cm³/mol. The maximum absolute atomic E-state index is 5.97. The molecule has 0 aromatic heterocycles. The van der Waals surface area contributed by atoms with Gasteiger partial charge in [0.1, 0.15) is 5.75 Å². The third-order valence-corrected chi connectivity index (χ3v) is 2.23. The largest absolute Gasteiger partial charge is 0.495 e. The van der Waals surface area contributed by atoms with Crippen molar-refractivity contribution in [3.05, 3.63) is 23.2 Å². The molecule has 0 heterocycles. The Morgan fingerprint density at radius 2 is 2.20 bits per heavy atom. The molecule has 1 N–H and O–H groups in total. The first-order valence-electron chi connectivity index (χ1n) is 4.93. The second-order valence-electron chi connectivity index (χ2n) is 2.97. The van der Waals surface area contributed by atoms with E-state index < -0.39 is 0 Å². The zero-order chi connectivity index (χ0) is 11.1. The monoisotopic (exact) mass is 229 g/mol. The minimum absolute atomic E-state index is 0.610. The standard InChI is InChI=1S/C11H16ClNO2/c1-3-15-7-6-13-9-4-5-11(14-2)10(12)8-9/h4-5,8,13H,3,6-7H2,1-2H3. The van der Waals surface area contributed by atoms with Crippen LogP contribution in [0.1, 0.15) is 6.92 Å². The van der Waals surface area contributed by atoms with Gasteiger partial charge < -0.3 is 14.8 Å². The molecule has 0 aliphatic carbocycles. The van der Waals surface area contributed by atoms with Gasteiger partial charge in [-0.1, -0.05) is 11.6 Å². The number of anilines is 1. The van der Waals surface area contributed by atoms with E-state index in [1.807, 2.05) is 25.1 Å². The molecule has 1 aromatic rings. The van der Waals surface area contributed by atoms with Crippen molar-refractivity contribution in [3.8, 4) is 5.75 Å². The quantitative estimate of drug-likeness (QED) is 0.761. The molecule has 15 heavy (non-hydrogen) atoms. The molecule has 0 saturated heterocycles. The average molecular weight is 230 g/mol. The van der Waals surface area contributed by atoms with E-state index in [-0.39, 0.29) is 0 Å². The van der Waals surface area contributed by atoms with Crippen molar-refractivity contribution in [1.29, 1.82) is 0 Å². The Labute approximate surface area is 95.3 Å². The summed E-state index contributed by atoms with van der Waals surface area (Å²) in [6, 6.07) is 5.61. The van der Waals surface area contributed by atoms with Gasteiger partial charge in [0.25, 0.3) is 0 Å². The zero-order valence-corrected chi connectivity index (χ0v) is 9.80. The van der Waals surface area contributed by atoms with E-state index >= 15 is 0 Å². The molecule has 1 rings (SSSR count). The van der Waals surface area contributed by atoms with Crippen LogP contribution >= 0.6 is 11.6 Å². The molecule has 4 heteroatoms. The van der Waals surface area contributed by atoms with E-state index in [1.54, 1.807) is 7.11 Å². The third-order valence-electron chi connectivity index (χ3n) is 1.93. The minimum atomic E-state index is 0.610. The Hall–Kier alpha value is -0.930. The van der Waals surface area contributed by atoms with Crippen LogP contribution in [0.5, 0.6) is 5.75 Å². The smallest absolute Gasteiger partial charge is 0.137 e. The van der Waals surface area contributed by atoms with Crippen LogP contribution in [0.15, 0.2) is 18.2 Å². The van der Waals surface area contributed by atoms with Gasteiger partial charge in [-0.25, -0.2) is 0 Å². The Morgan fingerprint density at radius 1 is 1.40 bits per heavy atom. The maximum Gasteiger partial charge on any atom is 0.137 e. The van der Waals surface area contributed by atoms with Crippen LogP contribution < -0.4 is 10.1 Å². The number of nitrogens with one attached hydrogen (secondary N) is 1. The molecule has 0 amide bonds. The summed E-state index contributed by atoms with van der Waals surface area (Å²) < 4.78 is 10.3. The first-order valence-corrected chi connectivity index (χ1v) is 5.31. The highest BCUT2D eigenvalue weighted by Crippen LogP contribution is 2.26. The van der Waals surface area contributed by atoms with Crippen molar-refractivity contribution in [3.63, 3.8) is 0 Å². The summed E-state index contributed by atoms with van der Waals surface area (Å²) in [6.45, 7) is 4.19. The second kappa shape index (κ2) is 6.53. The SMILES string of the molecule is CCOCCNc1ccc(OC)c(Cl)c1. The zero-order valence-electron chi connectivity index (χ0n) is 9.05. The highest BCUT2D eigenvalue weighted by Gasteiger charge is 2.00. The maximum atomic E-state index is 5.97. The van der Waals surface area contributed by atoms with E-state index in [9.17, 15) is 0 Å². The first kappa shape index (κ1) is 12.1. The van der Waals surface area contributed by atoms with Gasteiger partial charge in [0.15, 0.2) is 0 Å². The van der Waals surface area contributed by atoms with Crippen LogP contribution in [0.25, 0.3) is 0 Å². The summed E-state index contributed by atoms with van der Waals surface area (Å²) in [6.07, 6.45) is 0. The van der Waals surface area contributed by atoms with Crippen LogP contribution in [-0.2, 0) is 4.74 Å². The molecule has 0 aliphatic heterocycles. The van der Waals surface area contributed by atoms with Crippen LogP contribution in [0.2, 0.25) is 5.02 Å². The van der Waals surface area contributed by atoms with E-state index in [4.69, 9.17) is 21.1 Å². The summed E-state index contributed by atoms with van der Waals surface area (Å²) in [5, 5.41) is 3.82. The average Bonchev–Trinajstić information content (AvgIpc) is 2.25. The van der Waals surface area contributed by atoms with Crippen LogP contribution in [-0.4, -0.2) is 26.9 Å². The molecular weight excluding hydrogens is 214 g/mol. The lowest BCUT2D eigenvalue weighted by atomic mass is 10.3. The van der Waals surface area contributed by atoms with Crippen molar-refractivity contribution in [2.75, 3.05) is 32.2 Å². The molecule has 0 unspecified atom stereocenters. The lowest BCUT2D eigenvalue weighted by Crippen LogP contribution is -2.09. The Kier molecular flexibility index (Phi) is 5.29. The highest BCUT2D eigenvalue weighted by molar-refractivity contribution is 6.32. The molecule has 0 aliphatic rings. The fourth-order valence-corrected chi connectivity index (χ4v) is 1.45. The number of rotatable bonds is 6. The number of ether oxygens (including phenoxy) is 2. The number of methoxy groups -OCH3 is 1. The summed E-state index contributed by atoms with van der Waals surface area (Å²) in [5.41, 5.74) is 0.973. The molecule has 0 fully saturated rings. The van der Waals surface area contributed by atoms with Gasteiger partial charge in [-0.2, -0.15) is 0 Å². The molecule has 0 radical (unpaired) electrons. The van der Waals surface area contributed by atoms with Crippen LogP contribution in [0.3, 0.4) is 0 Å². The third kappa shape index (κ3) is 3.98. The van der Waals surface area contributed by atoms with Crippen molar-refractivity contribution in [2.24, 2.45) is 0 Å². The minimum Gasteiger partial charge on any atom is -0.495 e. The van der Waals surface area contributed by atoms with E-state index in [0.29, 0.717) is 17.4 Å². The molecule has 0 bridgehead atoms. The number of halogens is 1. The number of benzene rings is 1. The molecule has 0 atom stereocenters. The predicted octanol–water partition coefficient (Wildman–Crippen LogP) is 2.80. The molecule has 0 spiro atoms. The van der Waals surface area contributed by atoms with Gasteiger partial charge in [0.2, 0.25) is 0 Å². The van der Waals surface area contributed by atoms with Crippen molar-refractivity contribution < 1.29 is 9.47 Å². The summed E-state index contributed by atoms with van der Waals surface area (Å²) in [7, 11) is 1.60. The summed E-state index contributed by atoms with van der Waals surface area (Å²) >= 11 is 5.97. The number of hydrogen-bond acceptors (Lipinski definition) is 3. The first-order chi connectivity index (χ1) is 7.27. The van der Waals surface area contributed by atoms with Crippen molar-refractivity contribution >= 4 is 17.3 Å². The molecular formula is C11H16ClNO2. The Bertz CT molecular complexity index is 305. The highest BCUT2D eigenvalue weighted by atomic mass is 35.5. The second-order valence-corrected chi connectivity index (χ2v) is 3.38. The van der Waals surface area contributed by atoms with Gasteiger partial charge in [0, 0.05) is 18.8 Å². The van der Waals surface area contributed by atoms with E-state index in [0.717, 1.165) is 18.8 Å².